The van der Waals surface area contributed by atoms with Crippen molar-refractivity contribution < 1.29 is 4.74 Å². The highest BCUT2D eigenvalue weighted by atomic mass is 16.5. The summed E-state index contributed by atoms with van der Waals surface area (Å²) >= 11 is 0. The molecular weight excluding hydrogens is 224 g/mol. The van der Waals surface area contributed by atoms with Gasteiger partial charge in [0.2, 0.25) is 0 Å². The summed E-state index contributed by atoms with van der Waals surface area (Å²) < 4.78 is 5.26. The topological polar surface area (TPSA) is 38.5 Å². The Hall–Kier alpha value is -0.120. The smallest absolute Gasteiger partial charge is 0.0589 e. The second kappa shape index (κ2) is 10.8. The molecule has 2 atom stereocenters. The van der Waals surface area contributed by atoms with Crippen molar-refractivity contribution in [2.45, 2.75) is 65.5 Å². The molecule has 0 bridgehead atoms. The highest BCUT2D eigenvalue weighted by molar-refractivity contribution is 4.82. The highest BCUT2D eigenvalue weighted by Crippen LogP contribution is 2.21. The monoisotopic (exact) mass is 258 g/mol. The zero-order chi connectivity index (χ0) is 14.0. The maximum absolute atomic E-state index is 6.04. The zero-order valence-electron chi connectivity index (χ0n) is 13.1. The van der Waals surface area contributed by atoms with Gasteiger partial charge >= 0.3 is 0 Å². The van der Waals surface area contributed by atoms with Crippen LogP contribution in [0.25, 0.3) is 0 Å². The predicted molar refractivity (Wildman–Crippen MR) is 79.9 cm³/mol. The first-order chi connectivity index (χ1) is 8.65. The number of hydrogen-bond donors (Lipinski definition) is 1. The van der Waals surface area contributed by atoms with Gasteiger partial charge in [0.15, 0.2) is 0 Å². The van der Waals surface area contributed by atoms with Crippen molar-refractivity contribution in [1.82, 2.24) is 4.90 Å². The second-order valence-electron chi connectivity index (χ2n) is 5.27. The van der Waals surface area contributed by atoms with E-state index in [1.807, 2.05) is 0 Å². The Bertz CT molecular complexity index is 183. The van der Waals surface area contributed by atoms with Crippen LogP contribution in [0.1, 0.15) is 53.4 Å². The van der Waals surface area contributed by atoms with E-state index in [4.69, 9.17) is 10.5 Å². The van der Waals surface area contributed by atoms with Crippen molar-refractivity contribution in [3.8, 4) is 0 Å². The van der Waals surface area contributed by atoms with Crippen LogP contribution in [-0.2, 0) is 4.74 Å². The summed E-state index contributed by atoms with van der Waals surface area (Å²) in [6.07, 6.45) is 4.87. The van der Waals surface area contributed by atoms with Crippen molar-refractivity contribution in [2.24, 2.45) is 11.7 Å². The average Bonchev–Trinajstić information content (AvgIpc) is 2.37. The van der Waals surface area contributed by atoms with E-state index in [-0.39, 0.29) is 0 Å². The van der Waals surface area contributed by atoms with Crippen LogP contribution in [0.15, 0.2) is 0 Å². The van der Waals surface area contributed by atoms with E-state index >= 15 is 0 Å². The van der Waals surface area contributed by atoms with E-state index in [9.17, 15) is 0 Å². The summed E-state index contributed by atoms with van der Waals surface area (Å²) in [4.78, 5) is 2.59. The summed E-state index contributed by atoms with van der Waals surface area (Å²) in [6.45, 7) is 11.7. The average molecular weight is 258 g/mol. The zero-order valence-corrected chi connectivity index (χ0v) is 13.1. The molecule has 0 rings (SSSR count). The first-order valence-corrected chi connectivity index (χ1v) is 7.60. The fourth-order valence-electron chi connectivity index (χ4n) is 2.92. The van der Waals surface area contributed by atoms with Gasteiger partial charge in [-0.15, -0.1) is 0 Å². The minimum Gasteiger partial charge on any atom is -0.383 e. The number of rotatable bonds is 11. The molecule has 3 nitrogen and oxygen atoms in total. The third-order valence-corrected chi connectivity index (χ3v) is 4.03. The van der Waals surface area contributed by atoms with Crippen LogP contribution in [0.5, 0.6) is 0 Å². The molecule has 3 heteroatoms. The SMILES string of the molecule is CCCC(C)C(CN)N(CCOC)C(CC)CC. The van der Waals surface area contributed by atoms with Crippen molar-refractivity contribution in [1.29, 1.82) is 0 Å². The molecule has 0 spiro atoms. The second-order valence-corrected chi connectivity index (χ2v) is 5.27. The van der Waals surface area contributed by atoms with Crippen molar-refractivity contribution in [2.75, 3.05) is 26.8 Å². The number of nitrogens with zero attached hydrogens (tertiary/aromatic N) is 1. The standard InChI is InChI=1S/C15H34N2O/c1-6-9-13(4)15(12-16)17(10-11-18-5)14(7-2)8-3/h13-15H,6-12,16H2,1-5H3. The van der Waals surface area contributed by atoms with Gasteiger partial charge in [-0.2, -0.15) is 0 Å². The van der Waals surface area contributed by atoms with Gasteiger partial charge in [0, 0.05) is 32.3 Å². The fraction of sp³-hybridized carbons (Fsp3) is 1.00. The summed E-state index contributed by atoms with van der Waals surface area (Å²) in [5.74, 6) is 0.664. The molecular formula is C15H34N2O. The minimum atomic E-state index is 0.491. The number of ether oxygens (including phenoxy) is 1. The Morgan fingerprint density at radius 3 is 2.17 bits per heavy atom. The Morgan fingerprint density at radius 2 is 1.78 bits per heavy atom. The van der Waals surface area contributed by atoms with E-state index < -0.39 is 0 Å². The molecule has 110 valence electrons. The summed E-state index contributed by atoms with van der Waals surface area (Å²) in [5, 5.41) is 0. The summed E-state index contributed by atoms with van der Waals surface area (Å²) in [5.41, 5.74) is 6.04. The van der Waals surface area contributed by atoms with Crippen LogP contribution >= 0.6 is 0 Å². The molecule has 0 aromatic heterocycles. The molecule has 0 saturated carbocycles. The van der Waals surface area contributed by atoms with Gasteiger partial charge in [-0.25, -0.2) is 0 Å². The van der Waals surface area contributed by atoms with Gasteiger partial charge in [-0.3, -0.25) is 4.90 Å². The van der Waals surface area contributed by atoms with Crippen LogP contribution in [0.2, 0.25) is 0 Å². The maximum Gasteiger partial charge on any atom is 0.0589 e. The van der Waals surface area contributed by atoms with Crippen LogP contribution in [0.3, 0.4) is 0 Å². The van der Waals surface area contributed by atoms with Gasteiger partial charge in [-0.05, 0) is 25.2 Å². The first kappa shape index (κ1) is 17.9. The third kappa shape index (κ3) is 5.68. The van der Waals surface area contributed by atoms with E-state index in [1.54, 1.807) is 7.11 Å². The van der Waals surface area contributed by atoms with Crippen molar-refractivity contribution in [3.05, 3.63) is 0 Å². The largest absolute Gasteiger partial charge is 0.383 e. The molecule has 0 aliphatic heterocycles. The Labute approximate surface area is 114 Å². The molecule has 0 aliphatic rings. The lowest BCUT2D eigenvalue weighted by Gasteiger charge is -2.40. The highest BCUT2D eigenvalue weighted by Gasteiger charge is 2.26. The number of hydrogen-bond acceptors (Lipinski definition) is 3. The van der Waals surface area contributed by atoms with Gasteiger partial charge in [0.1, 0.15) is 0 Å². The van der Waals surface area contributed by atoms with Crippen LogP contribution in [-0.4, -0.2) is 43.8 Å². The van der Waals surface area contributed by atoms with E-state index in [0.717, 1.165) is 19.7 Å². The lowest BCUT2D eigenvalue weighted by Crippen LogP contribution is -2.51. The van der Waals surface area contributed by atoms with Crippen LogP contribution in [0.4, 0.5) is 0 Å². The van der Waals surface area contributed by atoms with Crippen molar-refractivity contribution in [3.63, 3.8) is 0 Å². The molecule has 0 aliphatic carbocycles. The summed E-state index contributed by atoms with van der Waals surface area (Å²) in [6, 6.07) is 1.12. The molecule has 18 heavy (non-hydrogen) atoms. The lowest BCUT2D eigenvalue weighted by atomic mass is 9.93. The van der Waals surface area contributed by atoms with E-state index in [0.29, 0.717) is 18.0 Å². The first-order valence-electron chi connectivity index (χ1n) is 7.60. The molecule has 0 saturated heterocycles. The molecule has 0 heterocycles. The molecule has 2 unspecified atom stereocenters. The molecule has 2 N–H and O–H groups in total. The van der Waals surface area contributed by atoms with Crippen LogP contribution < -0.4 is 5.73 Å². The van der Waals surface area contributed by atoms with E-state index in [1.165, 1.54) is 25.7 Å². The molecule has 0 fully saturated rings. The third-order valence-electron chi connectivity index (χ3n) is 4.03. The predicted octanol–water partition coefficient (Wildman–Crippen LogP) is 2.89. The van der Waals surface area contributed by atoms with Gasteiger partial charge in [0.05, 0.1) is 6.61 Å². The van der Waals surface area contributed by atoms with Crippen molar-refractivity contribution >= 4 is 0 Å². The normalized spacial score (nSPS) is 15.3. The number of nitrogens with two attached hydrogens (primary N) is 1. The van der Waals surface area contributed by atoms with E-state index in [2.05, 4.69) is 32.6 Å². The summed E-state index contributed by atoms with van der Waals surface area (Å²) in [7, 11) is 1.78. The Kier molecular flexibility index (Phi) is 10.7. The van der Waals surface area contributed by atoms with Crippen LogP contribution in [0, 0.1) is 5.92 Å². The quantitative estimate of drug-likeness (QED) is 0.619. The Morgan fingerprint density at radius 1 is 1.17 bits per heavy atom. The maximum atomic E-state index is 6.04. The van der Waals surface area contributed by atoms with Gasteiger partial charge in [0.25, 0.3) is 0 Å². The molecule has 0 radical (unpaired) electrons. The molecule has 0 aromatic rings. The Balaban J connectivity index is 4.74. The number of methoxy groups -OCH3 is 1. The van der Waals surface area contributed by atoms with Gasteiger partial charge < -0.3 is 10.5 Å². The molecule has 0 aromatic carbocycles. The molecule has 0 amide bonds. The van der Waals surface area contributed by atoms with Gasteiger partial charge in [-0.1, -0.05) is 34.1 Å². The minimum absolute atomic E-state index is 0.491. The lowest BCUT2D eigenvalue weighted by molar-refractivity contribution is 0.0581. The fourth-order valence-corrected chi connectivity index (χ4v) is 2.92.